The van der Waals surface area contributed by atoms with Gasteiger partial charge in [0.1, 0.15) is 0 Å². The molecule has 2 rings (SSSR count). The van der Waals surface area contributed by atoms with Gasteiger partial charge in [-0.15, -0.1) is 12.4 Å². The molecule has 0 spiro atoms. The number of nitrogens with one attached hydrogen (secondary N) is 1. The Labute approximate surface area is 157 Å². The highest BCUT2D eigenvalue weighted by molar-refractivity contribution is 9.10. The van der Waals surface area contributed by atoms with E-state index in [1.165, 1.54) is 0 Å². The molecule has 2 aromatic carbocycles. The Hall–Kier alpha value is -1.40. The van der Waals surface area contributed by atoms with Gasteiger partial charge in [0, 0.05) is 28.9 Å². The van der Waals surface area contributed by atoms with Gasteiger partial charge in [0.25, 0.3) is 0 Å². The van der Waals surface area contributed by atoms with Crippen LogP contribution in [0.15, 0.2) is 53.0 Å². The van der Waals surface area contributed by atoms with E-state index in [1.54, 1.807) is 7.11 Å². The zero-order valence-electron chi connectivity index (χ0n) is 13.7. The molecule has 2 unspecified atom stereocenters. The molecular weight excluding hydrogens is 392 g/mol. The predicted molar refractivity (Wildman–Crippen MR) is 103 cm³/mol. The van der Waals surface area contributed by atoms with Crippen molar-refractivity contribution in [1.29, 1.82) is 0 Å². The van der Waals surface area contributed by atoms with Crippen molar-refractivity contribution in [2.45, 2.75) is 19.6 Å². The van der Waals surface area contributed by atoms with Crippen LogP contribution in [0.4, 0.5) is 5.69 Å². The molecule has 0 aromatic heterocycles. The van der Waals surface area contributed by atoms with Crippen LogP contribution in [0, 0.1) is 5.92 Å². The molecule has 6 heteroatoms. The predicted octanol–water partition coefficient (Wildman–Crippen LogP) is 4.29. The van der Waals surface area contributed by atoms with Gasteiger partial charge in [-0.2, -0.15) is 0 Å². The molecule has 3 N–H and O–H groups in total. The number of ether oxygens (including phenoxy) is 1. The quantitative estimate of drug-likeness (QED) is 0.742. The first kappa shape index (κ1) is 20.6. The third-order valence-corrected chi connectivity index (χ3v) is 4.55. The zero-order chi connectivity index (χ0) is 16.8. The van der Waals surface area contributed by atoms with Gasteiger partial charge in [0.15, 0.2) is 0 Å². The molecule has 0 saturated heterocycles. The summed E-state index contributed by atoms with van der Waals surface area (Å²) in [7, 11) is 1.62. The van der Waals surface area contributed by atoms with Crippen molar-refractivity contribution in [2.24, 2.45) is 11.7 Å². The highest BCUT2D eigenvalue weighted by Gasteiger charge is 2.23. The second-order valence-electron chi connectivity index (χ2n) is 5.41. The maximum Gasteiger partial charge on any atom is 0.229 e. The molecule has 0 radical (unpaired) electrons. The summed E-state index contributed by atoms with van der Waals surface area (Å²) in [5, 5.41) is 2.96. The molecule has 0 fully saturated rings. The average Bonchev–Trinajstić information content (AvgIpc) is 2.57. The number of amides is 1. The Morgan fingerprint density at radius 2 is 1.88 bits per heavy atom. The smallest absolute Gasteiger partial charge is 0.229 e. The topological polar surface area (TPSA) is 64.3 Å². The molecule has 1 amide bonds. The lowest BCUT2D eigenvalue weighted by Crippen LogP contribution is -2.30. The van der Waals surface area contributed by atoms with Crippen LogP contribution in [0.25, 0.3) is 0 Å². The van der Waals surface area contributed by atoms with Crippen LogP contribution in [-0.4, -0.2) is 13.0 Å². The van der Waals surface area contributed by atoms with Crippen molar-refractivity contribution in [3.63, 3.8) is 0 Å². The van der Waals surface area contributed by atoms with Crippen LogP contribution < -0.4 is 11.1 Å². The number of rotatable bonds is 6. The zero-order valence-corrected chi connectivity index (χ0v) is 16.1. The molecule has 0 aliphatic carbocycles. The summed E-state index contributed by atoms with van der Waals surface area (Å²) in [6.45, 7) is 2.25. The minimum Gasteiger partial charge on any atom is -0.380 e. The van der Waals surface area contributed by atoms with E-state index in [1.807, 2.05) is 55.5 Å². The summed E-state index contributed by atoms with van der Waals surface area (Å²) in [5.41, 5.74) is 8.81. The maximum absolute atomic E-state index is 12.5. The van der Waals surface area contributed by atoms with Crippen molar-refractivity contribution in [2.75, 3.05) is 12.4 Å². The molecule has 2 atom stereocenters. The van der Waals surface area contributed by atoms with Crippen molar-refractivity contribution < 1.29 is 9.53 Å². The minimum atomic E-state index is -0.355. The van der Waals surface area contributed by atoms with E-state index < -0.39 is 0 Å². The third kappa shape index (κ3) is 5.05. The van der Waals surface area contributed by atoms with Crippen molar-refractivity contribution in [3.8, 4) is 0 Å². The van der Waals surface area contributed by atoms with Crippen LogP contribution in [0.3, 0.4) is 0 Å². The van der Waals surface area contributed by atoms with E-state index in [-0.39, 0.29) is 30.3 Å². The van der Waals surface area contributed by atoms with Gasteiger partial charge in [-0.1, -0.05) is 59.3 Å². The first-order chi connectivity index (χ1) is 11.0. The number of carbonyl (C=O) groups excluding carboxylic acids is 1. The number of nitrogens with two attached hydrogens (primary N) is 1. The lowest BCUT2D eigenvalue weighted by molar-refractivity contribution is -0.120. The van der Waals surface area contributed by atoms with E-state index >= 15 is 0 Å². The second-order valence-corrected chi connectivity index (χ2v) is 6.27. The molecule has 2 aromatic rings. The SMILES string of the molecule is COCc1c(Br)cccc1NC(=O)C(C)C(N)c1ccccc1.Cl. The number of benzene rings is 2. The Bertz CT molecular complexity index is 667. The normalized spacial score (nSPS) is 12.8. The van der Waals surface area contributed by atoms with Gasteiger partial charge in [0.05, 0.1) is 12.5 Å². The number of hydrogen-bond acceptors (Lipinski definition) is 3. The van der Waals surface area contributed by atoms with E-state index in [2.05, 4.69) is 21.2 Å². The lowest BCUT2D eigenvalue weighted by atomic mass is 9.94. The van der Waals surface area contributed by atoms with Crippen LogP contribution >= 0.6 is 28.3 Å². The van der Waals surface area contributed by atoms with Crippen molar-refractivity contribution in [3.05, 3.63) is 64.1 Å². The van der Waals surface area contributed by atoms with Gasteiger partial charge >= 0.3 is 0 Å². The molecule has 0 aliphatic rings. The molecule has 4 nitrogen and oxygen atoms in total. The van der Waals surface area contributed by atoms with Gasteiger partial charge in [-0.25, -0.2) is 0 Å². The van der Waals surface area contributed by atoms with Gasteiger partial charge in [0.2, 0.25) is 5.91 Å². The fourth-order valence-electron chi connectivity index (χ4n) is 2.34. The summed E-state index contributed by atoms with van der Waals surface area (Å²) in [4.78, 5) is 12.5. The van der Waals surface area contributed by atoms with Crippen LogP contribution in [-0.2, 0) is 16.1 Å². The van der Waals surface area contributed by atoms with E-state index in [0.717, 1.165) is 21.3 Å². The number of hydrogen-bond donors (Lipinski definition) is 2. The van der Waals surface area contributed by atoms with Crippen LogP contribution in [0.1, 0.15) is 24.1 Å². The fraction of sp³-hybridized carbons (Fsp3) is 0.278. The number of halogens is 2. The van der Waals surface area contributed by atoms with Gasteiger partial charge in [-0.05, 0) is 17.7 Å². The largest absolute Gasteiger partial charge is 0.380 e. The molecule has 24 heavy (non-hydrogen) atoms. The average molecular weight is 414 g/mol. The Balaban J connectivity index is 0.00000288. The second kappa shape index (κ2) is 9.79. The van der Waals surface area contributed by atoms with Crippen molar-refractivity contribution >= 4 is 39.9 Å². The van der Waals surface area contributed by atoms with E-state index in [4.69, 9.17) is 10.5 Å². The Morgan fingerprint density at radius 3 is 2.50 bits per heavy atom. The molecule has 0 bridgehead atoms. The van der Waals surface area contributed by atoms with Gasteiger partial charge < -0.3 is 15.8 Å². The number of anilines is 1. The Morgan fingerprint density at radius 1 is 1.21 bits per heavy atom. The monoisotopic (exact) mass is 412 g/mol. The van der Waals surface area contributed by atoms with Gasteiger partial charge in [-0.3, -0.25) is 4.79 Å². The highest BCUT2D eigenvalue weighted by atomic mass is 79.9. The molecule has 0 saturated carbocycles. The van der Waals surface area contributed by atoms with E-state index in [9.17, 15) is 4.79 Å². The third-order valence-electron chi connectivity index (χ3n) is 3.80. The Kier molecular flexibility index (Phi) is 8.42. The molecule has 0 heterocycles. The maximum atomic E-state index is 12.5. The summed E-state index contributed by atoms with van der Waals surface area (Å²) in [6.07, 6.45) is 0. The van der Waals surface area contributed by atoms with Crippen molar-refractivity contribution in [1.82, 2.24) is 0 Å². The van der Waals surface area contributed by atoms with Crippen LogP contribution in [0.2, 0.25) is 0 Å². The van der Waals surface area contributed by atoms with Crippen LogP contribution in [0.5, 0.6) is 0 Å². The molecular formula is C18H22BrClN2O2. The number of methoxy groups -OCH3 is 1. The summed E-state index contributed by atoms with van der Waals surface area (Å²) in [6, 6.07) is 14.9. The first-order valence-corrected chi connectivity index (χ1v) is 8.21. The standard InChI is InChI=1S/C18H21BrN2O2.ClH/c1-12(17(20)13-7-4-3-5-8-13)18(22)21-16-10-6-9-15(19)14(16)11-23-2;/h3-10,12,17H,11,20H2,1-2H3,(H,21,22);1H. The van der Waals surface area contributed by atoms with E-state index in [0.29, 0.717) is 6.61 Å². The fourth-order valence-corrected chi connectivity index (χ4v) is 2.82. The number of carbonyl (C=O) groups is 1. The molecule has 0 aliphatic heterocycles. The summed E-state index contributed by atoms with van der Waals surface area (Å²) in [5.74, 6) is -0.469. The summed E-state index contributed by atoms with van der Waals surface area (Å²) < 4.78 is 6.10. The summed E-state index contributed by atoms with van der Waals surface area (Å²) >= 11 is 3.48. The highest BCUT2D eigenvalue weighted by Crippen LogP contribution is 2.27. The molecule has 130 valence electrons. The first-order valence-electron chi connectivity index (χ1n) is 7.42. The minimum absolute atomic E-state index is 0. The lowest BCUT2D eigenvalue weighted by Gasteiger charge is -2.21.